The molecule has 0 spiro atoms. The largest absolute Gasteiger partial charge is 0.348 e. The number of benzene rings is 2. The normalized spacial score (nSPS) is 10.6. The summed E-state index contributed by atoms with van der Waals surface area (Å²) in [5, 5.41) is 6.14. The van der Waals surface area contributed by atoms with E-state index >= 15 is 0 Å². The van der Waals surface area contributed by atoms with Gasteiger partial charge in [-0.05, 0) is 54.5 Å². The predicted molar refractivity (Wildman–Crippen MR) is 125 cm³/mol. The Balaban J connectivity index is 1.70. The summed E-state index contributed by atoms with van der Waals surface area (Å²) in [5.41, 5.74) is 2.32. The average Bonchev–Trinajstić information content (AvgIpc) is 2.75. The van der Waals surface area contributed by atoms with Crippen LogP contribution in [0.5, 0.6) is 0 Å². The fraction of sp³-hybridized carbons (Fsp3) is 0.217. The third-order valence-electron chi connectivity index (χ3n) is 4.72. The van der Waals surface area contributed by atoms with Crippen LogP contribution in [0.15, 0.2) is 59.9 Å². The third kappa shape index (κ3) is 5.35. The molecule has 31 heavy (non-hydrogen) atoms. The second-order valence-corrected chi connectivity index (χ2v) is 7.46. The zero-order valence-electron chi connectivity index (χ0n) is 17.2. The summed E-state index contributed by atoms with van der Waals surface area (Å²) < 4.78 is 1.69. The highest BCUT2D eigenvalue weighted by atomic mass is 32.1. The first-order valence-electron chi connectivity index (χ1n) is 9.97. The predicted octanol–water partition coefficient (Wildman–Crippen LogP) is 3.91. The summed E-state index contributed by atoms with van der Waals surface area (Å²) >= 11 is 5.24. The van der Waals surface area contributed by atoms with Crippen LogP contribution in [0.2, 0.25) is 0 Å². The first-order chi connectivity index (χ1) is 14.9. The number of aromatic nitrogens is 2. The van der Waals surface area contributed by atoms with Gasteiger partial charge in [-0.3, -0.25) is 19.0 Å². The number of hydrogen-bond acceptors (Lipinski definition) is 4. The van der Waals surface area contributed by atoms with E-state index < -0.39 is 0 Å². The minimum atomic E-state index is -0.267. The Morgan fingerprint density at radius 1 is 1.19 bits per heavy atom. The Kier molecular flexibility index (Phi) is 7.15. The fourth-order valence-corrected chi connectivity index (χ4v) is 3.40. The molecule has 3 N–H and O–H groups in total. The SMILES string of the molecule is C=CCn1c(=S)[nH]c2cc(C(=O)NCc3ccc(NC(=O)CCC)cc3)ccc2c1=O. The van der Waals surface area contributed by atoms with Crippen LogP contribution in [0, 0.1) is 4.77 Å². The van der Waals surface area contributed by atoms with E-state index in [1.807, 2.05) is 19.1 Å². The molecule has 160 valence electrons. The minimum absolute atomic E-state index is 0.0184. The lowest BCUT2D eigenvalue weighted by Gasteiger charge is -2.09. The third-order valence-corrected chi connectivity index (χ3v) is 5.05. The van der Waals surface area contributed by atoms with Gasteiger partial charge < -0.3 is 15.6 Å². The molecule has 3 rings (SSSR count). The molecule has 0 aliphatic carbocycles. The average molecular weight is 437 g/mol. The van der Waals surface area contributed by atoms with E-state index in [4.69, 9.17) is 12.2 Å². The van der Waals surface area contributed by atoms with Gasteiger partial charge in [0.15, 0.2) is 4.77 Å². The van der Waals surface area contributed by atoms with Crippen molar-refractivity contribution >= 4 is 40.6 Å². The molecule has 0 bridgehead atoms. The molecule has 0 aliphatic heterocycles. The Labute approximate surface area is 184 Å². The van der Waals surface area contributed by atoms with Crippen molar-refractivity contribution in [2.75, 3.05) is 5.32 Å². The number of fused-ring (bicyclic) bond motifs is 1. The summed E-state index contributed by atoms with van der Waals surface area (Å²) in [6.07, 6.45) is 2.88. The maximum absolute atomic E-state index is 12.6. The molecule has 2 amide bonds. The van der Waals surface area contributed by atoms with Crippen LogP contribution in [-0.4, -0.2) is 21.4 Å². The Morgan fingerprint density at radius 3 is 2.61 bits per heavy atom. The summed E-state index contributed by atoms with van der Waals surface area (Å²) in [5.74, 6) is -0.285. The van der Waals surface area contributed by atoms with Crippen LogP contribution in [0.1, 0.15) is 35.7 Å². The molecule has 0 fully saturated rings. The molecule has 0 atom stereocenters. The Hall–Kier alpha value is -3.52. The van der Waals surface area contributed by atoms with E-state index in [0.717, 1.165) is 17.7 Å². The molecular weight excluding hydrogens is 412 g/mol. The van der Waals surface area contributed by atoms with Crippen molar-refractivity contribution in [3.05, 3.63) is 81.4 Å². The lowest BCUT2D eigenvalue weighted by molar-refractivity contribution is -0.116. The second-order valence-electron chi connectivity index (χ2n) is 7.07. The van der Waals surface area contributed by atoms with Gasteiger partial charge in [0.2, 0.25) is 5.91 Å². The molecule has 0 radical (unpaired) electrons. The van der Waals surface area contributed by atoms with Crippen molar-refractivity contribution in [1.29, 1.82) is 0 Å². The van der Waals surface area contributed by atoms with Crippen LogP contribution in [0.4, 0.5) is 5.69 Å². The number of carbonyl (C=O) groups excluding carboxylic acids is 2. The smallest absolute Gasteiger partial charge is 0.262 e. The molecule has 7 nitrogen and oxygen atoms in total. The van der Waals surface area contributed by atoms with Gasteiger partial charge in [0.25, 0.3) is 11.5 Å². The highest BCUT2D eigenvalue weighted by molar-refractivity contribution is 7.71. The highest BCUT2D eigenvalue weighted by Gasteiger charge is 2.10. The summed E-state index contributed by atoms with van der Waals surface area (Å²) in [6.45, 7) is 6.23. The number of amides is 2. The van der Waals surface area contributed by atoms with Gasteiger partial charge in [0, 0.05) is 30.8 Å². The summed E-state index contributed by atoms with van der Waals surface area (Å²) in [7, 11) is 0. The topological polar surface area (TPSA) is 96.0 Å². The first-order valence-corrected chi connectivity index (χ1v) is 10.4. The summed E-state index contributed by atoms with van der Waals surface area (Å²) in [4.78, 5) is 39.8. The van der Waals surface area contributed by atoms with Crippen molar-refractivity contribution in [2.45, 2.75) is 32.9 Å². The van der Waals surface area contributed by atoms with Crippen molar-refractivity contribution < 1.29 is 9.59 Å². The standard InChI is InChI=1S/C23H24N4O3S/c1-3-5-20(28)25-17-9-6-15(7-10-17)14-24-21(29)16-8-11-18-19(13-16)26-23(31)27(12-4-2)22(18)30/h4,6-11,13H,2-3,5,12,14H2,1H3,(H,24,29)(H,25,28)(H,26,31). The van der Waals surface area contributed by atoms with Gasteiger partial charge >= 0.3 is 0 Å². The van der Waals surface area contributed by atoms with E-state index in [2.05, 4.69) is 22.2 Å². The van der Waals surface area contributed by atoms with Gasteiger partial charge in [-0.25, -0.2) is 0 Å². The lowest BCUT2D eigenvalue weighted by Crippen LogP contribution is -2.24. The van der Waals surface area contributed by atoms with Gasteiger partial charge in [-0.15, -0.1) is 6.58 Å². The van der Waals surface area contributed by atoms with Crippen molar-refractivity contribution in [3.8, 4) is 0 Å². The molecule has 1 heterocycles. The molecule has 3 aromatic rings. The highest BCUT2D eigenvalue weighted by Crippen LogP contribution is 2.13. The van der Waals surface area contributed by atoms with Crippen LogP contribution in [-0.2, 0) is 17.9 Å². The fourth-order valence-electron chi connectivity index (χ4n) is 3.13. The molecule has 0 saturated heterocycles. The van der Waals surface area contributed by atoms with E-state index in [1.54, 1.807) is 36.4 Å². The van der Waals surface area contributed by atoms with Gasteiger partial charge in [0.05, 0.1) is 10.9 Å². The molecular formula is C23H24N4O3S. The van der Waals surface area contributed by atoms with Gasteiger partial charge in [-0.1, -0.05) is 25.1 Å². The molecule has 0 saturated carbocycles. The summed E-state index contributed by atoms with van der Waals surface area (Å²) in [6, 6.07) is 12.2. The number of aromatic amines is 1. The monoisotopic (exact) mass is 436 g/mol. The number of H-pyrrole nitrogens is 1. The van der Waals surface area contributed by atoms with Gasteiger partial charge in [-0.2, -0.15) is 0 Å². The van der Waals surface area contributed by atoms with E-state index in [1.165, 1.54) is 4.57 Å². The van der Waals surface area contributed by atoms with Crippen molar-refractivity contribution in [3.63, 3.8) is 0 Å². The van der Waals surface area contributed by atoms with E-state index in [0.29, 0.717) is 36.0 Å². The number of allylic oxidation sites excluding steroid dienone is 1. The minimum Gasteiger partial charge on any atom is -0.348 e. The number of nitrogens with one attached hydrogen (secondary N) is 3. The Bertz CT molecular complexity index is 1240. The quantitative estimate of drug-likeness (QED) is 0.368. The maximum Gasteiger partial charge on any atom is 0.262 e. The number of rotatable bonds is 8. The number of anilines is 1. The molecule has 8 heteroatoms. The lowest BCUT2D eigenvalue weighted by atomic mass is 10.1. The molecule has 0 unspecified atom stereocenters. The molecule has 0 aliphatic rings. The van der Waals surface area contributed by atoms with E-state index in [-0.39, 0.29) is 22.1 Å². The maximum atomic E-state index is 12.6. The van der Waals surface area contributed by atoms with Crippen LogP contribution in [0.25, 0.3) is 10.9 Å². The second kappa shape index (κ2) is 9.99. The van der Waals surface area contributed by atoms with Crippen LogP contribution >= 0.6 is 12.2 Å². The Morgan fingerprint density at radius 2 is 1.94 bits per heavy atom. The van der Waals surface area contributed by atoms with Crippen molar-refractivity contribution in [1.82, 2.24) is 14.9 Å². The number of hydrogen-bond donors (Lipinski definition) is 3. The molecule has 1 aromatic heterocycles. The zero-order valence-corrected chi connectivity index (χ0v) is 18.1. The van der Waals surface area contributed by atoms with E-state index in [9.17, 15) is 14.4 Å². The zero-order chi connectivity index (χ0) is 22.4. The number of carbonyl (C=O) groups is 2. The van der Waals surface area contributed by atoms with Gasteiger partial charge in [0.1, 0.15) is 0 Å². The van der Waals surface area contributed by atoms with Crippen LogP contribution in [0.3, 0.4) is 0 Å². The van der Waals surface area contributed by atoms with Crippen LogP contribution < -0.4 is 16.2 Å². The molecule has 2 aromatic carbocycles. The number of nitrogens with zero attached hydrogens (tertiary/aromatic N) is 1. The first kappa shape index (κ1) is 22.2. The van der Waals surface area contributed by atoms with Crippen molar-refractivity contribution in [2.24, 2.45) is 0 Å².